The molecule has 3 rings (SSSR count). The van der Waals surface area contributed by atoms with Crippen LogP contribution in [-0.2, 0) is 4.79 Å². The first-order valence-electron chi connectivity index (χ1n) is 7.99. The Hall–Kier alpha value is -1.69. The zero-order valence-electron chi connectivity index (χ0n) is 13.0. The summed E-state index contributed by atoms with van der Waals surface area (Å²) in [6.45, 7) is 6.95. The average molecular weight is 306 g/mol. The standard InChI is InChI=1S/C16H23FN4O/c1-13(22)19-6-3-14(4-7-19)20-8-10-21(11-9-20)16-2-5-18-12-15(16)17/h2,5,12,14H,3-4,6-11H2,1H3. The van der Waals surface area contributed by atoms with Crippen LogP contribution in [0.3, 0.4) is 0 Å². The maximum absolute atomic E-state index is 13.8. The second kappa shape index (κ2) is 6.60. The van der Waals surface area contributed by atoms with Gasteiger partial charge in [-0.2, -0.15) is 0 Å². The summed E-state index contributed by atoms with van der Waals surface area (Å²) < 4.78 is 13.8. The maximum atomic E-state index is 13.8. The lowest BCUT2D eigenvalue weighted by molar-refractivity contribution is -0.130. The third-order valence-electron chi connectivity index (χ3n) is 4.83. The number of piperidine rings is 1. The van der Waals surface area contributed by atoms with Crippen molar-refractivity contribution in [1.82, 2.24) is 14.8 Å². The number of pyridine rings is 1. The molecule has 2 aliphatic rings. The van der Waals surface area contributed by atoms with Gasteiger partial charge in [0.2, 0.25) is 5.91 Å². The highest BCUT2D eigenvalue weighted by atomic mass is 19.1. The van der Waals surface area contributed by atoms with Crippen LogP contribution < -0.4 is 4.90 Å². The highest BCUT2D eigenvalue weighted by Crippen LogP contribution is 2.22. The van der Waals surface area contributed by atoms with Gasteiger partial charge in [0.15, 0.2) is 5.82 Å². The molecule has 0 spiro atoms. The quantitative estimate of drug-likeness (QED) is 0.827. The number of hydrogen-bond acceptors (Lipinski definition) is 4. The van der Waals surface area contributed by atoms with E-state index < -0.39 is 0 Å². The number of amides is 1. The van der Waals surface area contributed by atoms with E-state index >= 15 is 0 Å². The zero-order valence-corrected chi connectivity index (χ0v) is 13.0. The lowest BCUT2D eigenvalue weighted by atomic mass is 10.0. The summed E-state index contributed by atoms with van der Waals surface area (Å²) in [7, 11) is 0. The van der Waals surface area contributed by atoms with E-state index in [1.54, 1.807) is 19.2 Å². The maximum Gasteiger partial charge on any atom is 0.219 e. The SMILES string of the molecule is CC(=O)N1CCC(N2CCN(c3ccncc3F)CC2)CC1. The minimum absolute atomic E-state index is 0.177. The van der Waals surface area contributed by atoms with Crippen LogP contribution in [0.4, 0.5) is 10.1 Å². The van der Waals surface area contributed by atoms with E-state index in [0.717, 1.165) is 52.1 Å². The van der Waals surface area contributed by atoms with Crippen molar-refractivity contribution >= 4 is 11.6 Å². The van der Waals surface area contributed by atoms with Crippen molar-refractivity contribution in [3.8, 4) is 0 Å². The van der Waals surface area contributed by atoms with Crippen LogP contribution in [0.15, 0.2) is 18.5 Å². The van der Waals surface area contributed by atoms with Crippen molar-refractivity contribution < 1.29 is 9.18 Å². The summed E-state index contributed by atoms with van der Waals surface area (Å²) in [5.41, 5.74) is 0.654. The highest BCUT2D eigenvalue weighted by molar-refractivity contribution is 5.73. The Morgan fingerprint density at radius 2 is 1.86 bits per heavy atom. The van der Waals surface area contributed by atoms with E-state index in [1.165, 1.54) is 6.20 Å². The van der Waals surface area contributed by atoms with Crippen molar-refractivity contribution in [2.24, 2.45) is 0 Å². The predicted molar refractivity (Wildman–Crippen MR) is 83.3 cm³/mol. The third kappa shape index (κ3) is 3.21. The number of halogens is 1. The van der Waals surface area contributed by atoms with Crippen LogP contribution in [-0.4, -0.2) is 66.0 Å². The largest absolute Gasteiger partial charge is 0.367 e. The number of rotatable bonds is 2. The van der Waals surface area contributed by atoms with Gasteiger partial charge < -0.3 is 9.80 Å². The highest BCUT2D eigenvalue weighted by Gasteiger charge is 2.28. The molecule has 0 aromatic carbocycles. The van der Waals surface area contributed by atoms with Crippen LogP contribution in [0, 0.1) is 5.82 Å². The Kier molecular flexibility index (Phi) is 4.57. The summed E-state index contributed by atoms with van der Waals surface area (Å²) in [5, 5.41) is 0. The molecule has 2 fully saturated rings. The minimum atomic E-state index is -0.245. The molecule has 1 amide bonds. The molecular formula is C16H23FN4O. The Bertz CT molecular complexity index is 523. The molecule has 0 saturated carbocycles. The fourth-order valence-corrected chi connectivity index (χ4v) is 3.50. The first-order chi connectivity index (χ1) is 10.6. The Balaban J connectivity index is 1.52. The number of hydrogen-bond donors (Lipinski definition) is 0. The molecule has 0 unspecified atom stereocenters. The van der Waals surface area contributed by atoms with E-state index in [1.807, 2.05) is 4.90 Å². The van der Waals surface area contributed by atoms with Gasteiger partial charge in [0.05, 0.1) is 11.9 Å². The molecule has 1 aromatic rings. The van der Waals surface area contributed by atoms with Crippen molar-refractivity contribution in [3.05, 3.63) is 24.3 Å². The molecule has 22 heavy (non-hydrogen) atoms. The van der Waals surface area contributed by atoms with E-state index in [4.69, 9.17) is 0 Å². The second-order valence-corrected chi connectivity index (χ2v) is 6.09. The second-order valence-electron chi connectivity index (χ2n) is 6.09. The summed E-state index contributed by atoms with van der Waals surface area (Å²) in [5.74, 6) is -0.0675. The number of piperazine rings is 1. The Morgan fingerprint density at radius 3 is 2.45 bits per heavy atom. The van der Waals surface area contributed by atoms with E-state index in [-0.39, 0.29) is 11.7 Å². The van der Waals surface area contributed by atoms with Gasteiger partial charge in [-0.05, 0) is 18.9 Å². The van der Waals surface area contributed by atoms with Crippen LogP contribution in [0.1, 0.15) is 19.8 Å². The summed E-state index contributed by atoms with van der Waals surface area (Å²) >= 11 is 0. The molecule has 0 bridgehead atoms. The summed E-state index contributed by atoms with van der Waals surface area (Å²) in [4.78, 5) is 21.7. The van der Waals surface area contributed by atoms with Gasteiger partial charge in [-0.25, -0.2) is 4.39 Å². The zero-order chi connectivity index (χ0) is 15.5. The number of carbonyl (C=O) groups is 1. The van der Waals surface area contributed by atoms with Crippen molar-refractivity contribution in [3.63, 3.8) is 0 Å². The van der Waals surface area contributed by atoms with Crippen LogP contribution in [0.2, 0.25) is 0 Å². The molecule has 6 heteroatoms. The van der Waals surface area contributed by atoms with Crippen LogP contribution >= 0.6 is 0 Å². The third-order valence-corrected chi connectivity index (χ3v) is 4.83. The molecule has 0 N–H and O–H groups in total. The first-order valence-corrected chi connectivity index (χ1v) is 7.99. The first kappa shape index (κ1) is 15.2. The molecule has 0 aliphatic carbocycles. The van der Waals surface area contributed by atoms with Crippen LogP contribution in [0.25, 0.3) is 0 Å². The molecular weight excluding hydrogens is 283 g/mol. The Morgan fingerprint density at radius 1 is 1.18 bits per heavy atom. The minimum Gasteiger partial charge on any atom is -0.367 e. The van der Waals surface area contributed by atoms with Gasteiger partial charge in [0.25, 0.3) is 0 Å². The lowest BCUT2D eigenvalue weighted by Gasteiger charge is -2.43. The molecule has 120 valence electrons. The molecule has 3 heterocycles. The van der Waals surface area contributed by atoms with Crippen molar-refractivity contribution in [2.45, 2.75) is 25.8 Å². The normalized spacial score (nSPS) is 21.2. The number of anilines is 1. The predicted octanol–water partition coefficient (Wildman–Crippen LogP) is 1.35. The number of nitrogens with zero attached hydrogens (tertiary/aromatic N) is 4. The fourth-order valence-electron chi connectivity index (χ4n) is 3.50. The number of likely N-dealkylation sites (tertiary alicyclic amines) is 1. The average Bonchev–Trinajstić information content (AvgIpc) is 2.56. The van der Waals surface area contributed by atoms with Gasteiger partial charge in [-0.1, -0.05) is 0 Å². The molecule has 0 atom stereocenters. The van der Waals surface area contributed by atoms with Crippen LogP contribution in [0.5, 0.6) is 0 Å². The van der Waals surface area contributed by atoms with Gasteiger partial charge >= 0.3 is 0 Å². The fraction of sp³-hybridized carbons (Fsp3) is 0.625. The summed E-state index contributed by atoms with van der Waals surface area (Å²) in [6.07, 6.45) is 5.01. The molecule has 2 aliphatic heterocycles. The van der Waals surface area contributed by atoms with E-state index in [9.17, 15) is 9.18 Å². The molecule has 0 radical (unpaired) electrons. The van der Waals surface area contributed by atoms with Crippen molar-refractivity contribution in [1.29, 1.82) is 0 Å². The number of carbonyl (C=O) groups excluding carboxylic acids is 1. The van der Waals surface area contributed by atoms with Gasteiger partial charge in [0, 0.05) is 58.4 Å². The molecule has 2 saturated heterocycles. The van der Waals surface area contributed by atoms with Gasteiger partial charge in [-0.15, -0.1) is 0 Å². The molecule has 1 aromatic heterocycles. The smallest absolute Gasteiger partial charge is 0.219 e. The van der Waals surface area contributed by atoms with E-state index in [0.29, 0.717) is 11.7 Å². The van der Waals surface area contributed by atoms with Gasteiger partial charge in [0.1, 0.15) is 0 Å². The van der Waals surface area contributed by atoms with E-state index in [2.05, 4.69) is 14.8 Å². The monoisotopic (exact) mass is 306 g/mol. The summed E-state index contributed by atoms with van der Waals surface area (Å²) in [6, 6.07) is 2.30. The topological polar surface area (TPSA) is 39.7 Å². The Labute approximate surface area is 130 Å². The van der Waals surface area contributed by atoms with Gasteiger partial charge in [-0.3, -0.25) is 14.7 Å². The molecule has 5 nitrogen and oxygen atoms in total. The lowest BCUT2D eigenvalue weighted by Crippen LogP contribution is -2.53. The number of aromatic nitrogens is 1. The van der Waals surface area contributed by atoms with Crippen molar-refractivity contribution in [2.75, 3.05) is 44.2 Å².